The molecular formula is C24H18BrClN2O3. The SMILES string of the molecule is C[C@]12C[C@@H](c3ccccc3O1)N(C(=O)c1ccc(Br)cc1)C(=O)N2c1ccc(Cl)cc1. The maximum atomic E-state index is 13.8. The number of rotatable bonds is 2. The van der Waals surface area contributed by atoms with E-state index in [-0.39, 0.29) is 5.91 Å². The van der Waals surface area contributed by atoms with E-state index in [1.165, 1.54) is 4.90 Å². The first-order valence-corrected chi connectivity index (χ1v) is 11.0. The Hall–Kier alpha value is -2.83. The Morgan fingerprint density at radius 2 is 1.74 bits per heavy atom. The molecule has 3 aromatic rings. The number of ether oxygens (including phenoxy) is 1. The number of amides is 3. The van der Waals surface area contributed by atoms with Gasteiger partial charge in [0, 0.05) is 32.7 Å². The molecule has 0 N–H and O–H groups in total. The lowest BCUT2D eigenvalue weighted by Crippen LogP contribution is -2.67. The maximum absolute atomic E-state index is 13.8. The summed E-state index contributed by atoms with van der Waals surface area (Å²) < 4.78 is 7.20. The van der Waals surface area contributed by atoms with E-state index in [4.69, 9.17) is 16.3 Å². The molecule has 2 heterocycles. The minimum Gasteiger partial charge on any atom is -0.467 e. The summed E-state index contributed by atoms with van der Waals surface area (Å²) in [5.41, 5.74) is 0.943. The van der Waals surface area contributed by atoms with Crippen LogP contribution in [0.15, 0.2) is 77.3 Å². The molecule has 31 heavy (non-hydrogen) atoms. The standard InChI is InChI=1S/C24H18BrClN2O3/c1-24-14-20(19-4-2-3-5-21(19)31-24)27(22(29)15-6-8-16(25)9-7-15)23(30)28(24)18-12-10-17(26)11-13-18/h2-13,20H,14H2,1H3/t20-,24+/m0/s1. The highest BCUT2D eigenvalue weighted by Gasteiger charge is 2.55. The molecule has 3 aromatic carbocycles. The van der Waals surface area contributed by atoms with Crippen molar-refractivity contribution in [2.75, 3.05) is 4.90 Å². The van der Waals surface area contributed by atoms with Gasteiger partial charge in [0.05, 0.1) is 6.04 Å². The van der Waals surface area contributed by atoms with Crippen molar-refractivity contribution < 1.29 is 14.3 Å². The topological polar surface area (TPSA) is 49.9 Å². The summed E-state index contributed by atoms with van der Waals surface area (Å²) in [6, 6.07) is 20.7. The summed E-state index contributed by atoms with van der Waals surface area (Å²) in [5, 5.41) is 0.564. The number of fused-ring (bicyclic) bond motifs is 4. The van der Waals surface area contributed by atoms with Crippen molar-refractivity contribution in [1.82, 2.24) is 4.90 Å². The molecule has 7 heteroatoms. The summed E-state index contributed by atoms with van der Waals surface area (Å²) in [6.07, 6.45) is 0.445. The Kier molecular flexibility index (Phi) is 4.79. The van der Waals surface area contributed by atoms with Gasteiger partial charge in [-0.1, -0.05) is 45.7 Å². The lowest BCUT2D eigenvalue weighted by atomic mass is 9.88. The molecule has 1 fully saturated rings. The summed E-state index contributed by atoms with van der Waals surface area (Å²) in [4.78, 5) is 30.3. The molecule has 0 spiro atoms. The first-order chi connectivity index (χ1) is 14.9. The number of nitrogens with zero attached hydrogens (tertiary/aromatic N) is 2. The number of halogens is 2. The third-order valence-electron chi connectivity index (χ3n) is 5.76. The Labute approximate surface area is 193 Å². The first kappa shape index (κ1) is 20.1. The third kappa shape index (κ3) is 3.30. The van der Waals surface area contributed by atoms with Gasteiger partial charge in [0.1, 0.15) is 5.75 Å². The Balaban J connectivity index is 1.66. The zero-order valence-corrected chi connectivity index (χ0v) is 18.9. The molecule has 2 aliphatic heterocycles. The van der Waals surface area contributed by atoms with Crippen molar-refractivity contribution in [1.29, 1.82) is 0 Å². The van der Waals surface area contributed by atoms with Crippen molar-refractivity contribution in [3.05, 3.63) is 93.4 Å². The highest BCUT2D eigenvalue weighted by atomic mass is 79.9. The highest BCUT2D eigenvalue weighted by molar-refractivity contribution is 9.10. The molecule has 0 saturated carbocycles. The summed E-state index contributed by atoms with van der Waals surface area (Å²) in [7, 11) is 0. The van der Waals surface area contributed by atoms with E-state index in [1.807, 2.05) is 31.2 Å². The largest absolute Gasteiger partial charge is 0.467 e. The van der Waals surface area contributed by atoms with Crippen molar-refractivity contribution >= 4 is 45.2 Å². The number of anilines is 1. The zero-order valence-electron chi connectivity index (χ0n) is 16.6. The fraction of sp³-hybridized carbons (Fsp3) is 0.167. The van der Waals surface area contributed by atoms with Gasteiger partial charge in [-0.05, 0) is 61.5 Å². The smallest absolute Gasteiger partial charge is 0.335 e. The number of hydrogen-bond acceptors (Lipinski definition) is 3. The molecule has 0 radical (unpaired) electrons. The zero-order chi connectivity index (χ0) is 21.8. The van der Waals surface area contributed by atoms with Crippen LogP contribution in [-0.4, -0.2) is 22.6 Å². The van der Waals surface area contributed by atoms with Crippen molar-refractivity contribution in [3.8, 4) is 5.75 Å². The second-order valence-electron chi connectivity index (χ2n) is 7.81. The Morgan fingerprint density at radius 1 is 1.06 bits per heavy atom. The van der Waals surface area contributed by atoms with Gasteiger partial charge in [-0.25, -0.2) is 4.79 Å². The minimum absolute atomic E-state index is 0.347. The number of imide groups is 1. The number of carbonyl (C=O) groups excluding carboxylic acids is 2. The van der Waals surface area contributed by atoms with Gasteiger partial charge in [0.15, 0.2) is 5.72 Å². The van der Waals surface area contributed by atoms with Crippen LogP contribution in [0.5, 0.6) is 5.75 Å². The molecule has 5 rings (SSSR count). The number of urea groups is 1. The second kappa shape index (κ2) is 7.39. The van der Waals surface area contributed by atoms with Gasteiger partial charge in [0.25, 0.3) is 5.91 Å². The van der Waals surface area contributed by atoms with Crippen LogP contribution in [0.3, 0.4) is 0 Å². The monoisotopic (exact) mass is 496 g/mol. The van der Waals surface area contributed by atoms with Gasteiger partial charge in [-0.2, -0.15) is 0 Å². The van der Waals surface area contributed by atoms with E-state index in [2.05, 4.69) is 15.9 Å². The second-order valence-corrected chi connectivity index (χ2v) is 9.16. The van der Waals surface area contributed by atoms with Gasteiger partial charge in [-0.15, -0.1) is 0 Å². The van der Waals surface area contributed by atoms with Crippen LogP contribution < -0.4 is 9.64 Å². The van der Waals surface area contributed by atoms with E-state index < -0.39 is 17.8 Å². The molecule has 0 aliphatic carbocycles. The number of carbonyl (C=O) groups is 2. The predicted octanol–water partition coefficient (Wildman–Crippen LogP) is 6.42. The number of para-hydroxylation sites is 1. The molecule has 2 atom stereocenters. The van der Waals surface area contributed by atoms with Crippen molar-refractivity contribution in [2.24, 2.45) is 0 Å². The molecule has 5 nitrogen and oxygen atoms in total. The lowest BCUT2D eigenvalue weighted by molar-refractivity contribution is 0.00268. The van der Waals surface area contributed by atoms with E-state index in [0.29, 0.717) is 28.4 Å². The van der Waals surface area contributed by atoms with Crippen molar-refractivity contribution in [3.63, 3.8) is 0 Å². The normalized spacial score (nSPS) is 22.0. The Bertz CT molecular complexity index is 1180. The molecular weight excluding hydrogens is 480 g/mol. The quantitative estimate of drug-likeness (QED) is 0.410. The van der Waals surface area contributed by atoms with Gasteiger partial charge < -0.3 is 4.74 Å². The molecule has 2 aliphatic rings. The molecule has 1 saturated heterocycles. The predicted molar refractivity (Wildman–Crippen MR) is 122 cm³/mol. The molecule has 2 bridgehead atoms. The maximum Gasteiger partial charge on any atom is 0.335 e. The van der Waals surface area contributed by atoms with Crippen LogP contribution >= 0.6 is 27.5 Å². The summed E-state index contributed by atoms with van der Waals surface area (Å²) in [6.45, 7) is 1.88. The number of hydrogen-bond donors (Lipinski definition) is 0. The van der Waals surface area contributed by atoms with Gasteiger partial charge in [0.2, 0.25) is 0 Å². The van der Waals surface area contributed by atoms with Crippen LogP contribution in [0, 0.1) is 0 Å². The van der Waals surface area contributed by atoms with Gasteiger partial charge in [-0.3, -0.25) is 14.6 Å². The average molecular weight is 498 g/mol. The van der Waals surface area contributed by atoms with Crippen LogP contribution in [0.25, 0.3) is 0 Å². The van der Waals surface area contributed by atoms with E-state index in [9.17, 15) is 9.59 Å². The van der Waals surface area contributed by atoms with E-state index >= 15 is 0 Å². The summed E-state index contributed by atoms with van der Waals surface area (Å²) >= 11 is 9.45. The number of benzene rings is 3. The van der Waals surface area contributed by atoms with Crippen LogP contribution in [0.2, 0.25) is 5.02 Å². The van der Waals surface area contributed by atoms with Crippen LogP contribution in [-0.2, 0) is 0 Å². The van der Waals surface area contributed by atoms with Crippen LogP contribution in [0.4, 0.5) is 10.5 Å². The molecule has 0 aromatic heterocycles. The van der Waals surface area contributed by atoms with E-state index in [0.717, 1.165) is 10.0 Å². The molecule has 0 unspecified atom stereocenters. The van der Waals surface area contributed by atoms with Gasteiger partial charge >= 0.3 is 6.03 Å². The highest BCUT2D eigenvalue weighted by Crippen LogP contribution is 2.49. The minimum atomic E-state index is -0.944. The average Bonchev–Trinajstić information content (AvgIpc) is 2.75. The molecule has 156 valence electrons. The van der Waals surface area contributed by atoms with Crippen molar-refractivity contribution in [2.45, 2.75) is 25.1 Å². The third-order valence-corrected chi connectivity index (χ3v) is 6.54. The lowest BCUT2D eigenvalue weighted by Gasteiger charge is -2.53. The first-order valence-electron chi connectivity index (χ1n) is 9.84. The fourth-order valence-electron chi connectivity index (χ4n) is 4.34. The van der Waals surface area contributed by atoms with E-state index in [1.54, 1.807) is 53.4 Å². The Morgan fingerprint density at radius 3 is 2.45 bits per heavy atom. The summed E-state index contributed by atoms with van der Waals surface area (Å²) in [5.74, 6) is 0.321. The fourth-order valence-corrected chi connectivity index (χ4v) is 4.73. The molecule has 3 amide bonds. The van der Waals surface area contributed by atoms with Crippen LogP contribution in [0.1, 0.15) is 35.3 Å².